The zero-order valence-electron chi connectivity index (χ0n) is 14.8. The molecular formula is C21H30N2O. The molecule has 3 N–H and O–H groups in total. The first-order valence-corrected chi connectivity index (χ1v) is 8.78. The molecule has 0 spiro atoms. The highest BCUT2D eigenvalue weighted by molar-refractivity contribution is 5.16. The van der Waals surface area contributed by atoms with Gasteiger partial charge in [0.2, 0.25) is 0 Å². The molecule has 2 aromatic carbocycles. The van der Waals surface area contributed by atoms with Crippen LogP contribution >= 0.6 is 0 Å². The zero-order valence-corrected chi connectivity index (χ0v) is 14.8. The van der Waals surface area contributed by atoms with Crippen molar-refractivity contribution in [3.8, 4) is 0 Å². The summed E-state index contributed by atoms with van der Waals surface area (Å²) in [7, 11) is 0. The third-order valence-corrected chi connectivity index (χ3v) is 4.13. The number of nitrogens with zero attached hydrogens (tertiary/aromatic N) is 1. The SMILES string of the molecule is CC(C)CN(Cc1ccccc1)C[C@H](O)[C@@H](N)Cc1ccccc1. The molecule has 2 atom stereocenters. The van der Waals surface area contributed by atoms with E-state index >= 15 is 0 Å². The van der Waals surface area contributed by atoms with Crippen LogP contribution in [-0.2, 0) is 13.0 Å². The minimum atomic E-state index is -0.535. The molecule has 0 aliphatic carbocycles. The van der Waals surface area contributed by atoms with Crippen LogP contribution in [0.2, 0.25) is 0 Å². The fourth-order valence-corrected chi connectivity index (χ4v) is 2.98. The summed E-state index contributed by atoms with van der Waals surface area (Å²) in [5.41, 5.74) is 8.68. The lowest BCUT2D eigenvalue weighted by Gasteiger charge is -2.29. The first-order chi connectivity index (χ1) is 11.5. The molecule has 3 nitrogen and oxygen atoms in total. The number of hydrogen-bond acceptors (Lipinski definition) is 3. The minimum absolute atomic E-state index is 0.252. The second-order valence-corrected chi connectivity index (χ2v) is 6.99. The van der Waals surface area contributed by atoms with Crippen LogP contribution in [-0.4, -0.2) is 35.2 Å². The Labute approximate surface area is 146 Å². The highest BCUT2D eigenvalue weighted by Crippen LogP contribution is 2.11. The van der Waals surface area contributed by atoms with E-state index in [0.29, 0.717) is 18.9 Å². The van der Waals surface area contributed by atoms with Crippen molar-refractivity contribution in [3.63, 3.8) is 0 Å². The van der Waals surface area contributed by atoms with E-state index in [2.05, 4.69) is 55.1 Å². The quantitative estimate of drug-likeness (QED) is 0.744. The summed E-state index contributed by atoms with van der Waals surface area (Å²) in [5, 5.41) is 10.6. The van der Waals surface area contributed by atoms with Crippen molar-refractivity contribution in [2.24, 2.45) is 11.7 Å². The van der Waals surface area contributed by atoms with E-state index in [9.17, 15) is 5.11 Å². The van der Waals surface area contributed by atoms with Gasteiger partial charge in [-0.05, 0) is 23.5 Å². The van der Waals surface area contributed by atoms with Crippen LogP contribution in [0.1, 0.15) is 25.0 Å². The Kier molecular flexibility index (Phi) is 7.44. The molecule has 0 amide bonds. The molecule has 0 saturated carbocycles. The van der Waals surface area contributed by atoms with Crippen molar-refractivity contribution in [3.05, 3.63) is 71.8 Å². The van der Waals surface area contributed by atoms with Gasteiger partial charge in [-0.15, -0.1) is 0 Å². The van der Waals surface area contributed by atoms with E-state index in [1.165, 1.54) is 11.1 Å². The smallest absolute Gasteiger partial charge is 0.0821 e. The van der Waals surface area contributed by atoms with E-state index in [-0.39, 0.29) is 6.04 Å². The Balaban J connectivity index is 1.94. The Morgan fingerprint density at radius 2 is 1.42 bits per heavy atom. The van der Waals surface area contributed by atoms with Gasteiger partial charge < -0.3 is 10.8 Å². The maximum absolute atomic E-state index is 10.6. The predicted octanol–water partition coefficient (Wildman–Crippen LogP) is 3.08. The molecule has 2 aromatic rings. The van der Waals surface area contributed by atoms with Gasteiger partial charge in [-0.1, -0.05) is 74.5 Å². The molecule has 0 aromatic heterocycles. The van der Waals surface area contributed by atoms with Crippen LogP contribution in [0.25, 0.3) is 0 Å². The summed E-state index contributed by atoms with van der Waals surface area (Å²) < 4.78 is 0. The van der Waals surface area contributed by atoms with Gasteiger partial charge in [0.1, 0.15) is 0 Å². The number of hydrogen-bond donors (Lipinski definition) is 2. The number of rotatable bonds is 9. The minimum Gasteiger partial charge on any atom is -0.390 e. The lowest BCUT2D eigenvalue weighted by atomic mass is 10.0. The number of benzene rings is 2. The maximum atomic E-state index is 10.6. The average molecular weight is 326 g/mol. The Hall–Kier alpha value is -1.68. The van der Waals surface area contributed by atoms with E-state index in [1.54, 1.807) is 0 Å². The molecule has 0 unspecified atom stereocenters. The van der Waals surface area contributed by atoms with Crippen molar-refractivity contribution < 1.29 is 5.11 Å². The van der Waals surface area contributed by atoms with Gasteiger partial charge in [-0.3, -0.25) is 4.90 Å². The van der Waals surface area contributed by atoms with Gasteiger partial charge in [-0.2, -0.15) is 0 Å². The van der Waals surface area contributed by atoms with Crippen molar-refractivity contribution in [1.29, 1.82) is 0 Å². The van der Waals surface area contributed by atoms with Gasteiger partial charge >= 0.3 is 0 Å². The monoisotopic (exact) mass is 326 g/mol. The molecule has 3 heteroatoms. The third kappa shape index (κ3) is 6.44. The van der Waals surface area contributed by atoms with E-state index in [4.69, 9.17) is 5.73 Å². The summed E-state index contributed by atoms with van der Waals surface area (Å²) in [4.78, 5) is 2.30. The molecule has 2 rings (SSSR count). The average Bonchev–Trinajstić information content (AvgIpc) is 2.56. The Bertz CT molecular complexity index is 571. The number of nitrogens with two attached hydrogens (primary N) is 1. The first kappa shape index (κ1) is 18.7. The third-order valence-electron chi connectivity index (χ3n) is 4.13. The second-order valence-electron chi connectivity index (χ2n) is 6.99. The Morgan fingerprint density at radius 1 is 0.875 bits per heavy atom. The van der Waals surface area contributed by atoms with Crippen LogP contribution in [0.15, 0.2) is 60.7 Å². The molecule has 0 fully saturated rings. The molecule has 0 saturated heterocycles. The van der Waals surface area contributed by atoms with Crippen LogP contribution in [0, 0.1) is 5.92 Å². The molecule has 0 aliphatic heterocycles. The van der Waals surface area contributed by atoms with Gasteiger partial charge in [0.05, 0.1) is 6.10 Å². The fraction of sp³-hybridized carbons (Fsp3) is 0.429. The van der Waals surface area contributed by atoms with Crippen molar-refractivity contribution in [2.75, 3.05) is 13.1 Å². The highest BCUT2D eigenvalue weighted by Gasteiger charge is 2.19. The van der Waals surface area contributed by atoms with E-state index < -0.39 is 6.10 Å². The molecule has 24 heavy (non-hydrogen) atoms. The van der Waals surface area contributed by atoms with Crippen LogP contribution < -0.4 is 5.73 Å². The van der Waals surface area contributed by atoms with Crippen molar-refractivity contribution in [2.45, 2.75) is 39.0 Å². The normalized spacial score (nSPS) is 14.1. The number of aliphatic hydroxyl groups excluding tert-OH is 1. The van der Waals surface area contributed by atoms with Crippen LogP contribution in [0.5, 0.6) is 0 Å². The lowest BCUT2D eigenvalue weighted by molar-refractivity contribution is 0.0818. The van der Waals surface area contributed by atoms with E-state index in [1.807, 2.05) is 24.3 Å². The Morgan fingerprint density at radius 3 is 1.96 bits per heavy atom. The standard InChI is InChI=1S/C21H30N2O/c1-17(2)14-23(15-19-11-7-4-8-12-19)16-21(24)20(22)13-18-9-5-3-6-10-18/h3-12,17,20-21,24H,13-16,22H2,1-2H3/t20-,21-/m0/s1. The fourth-order valence-electron chi connectivity index (χ4n) is 2.98. The van der Waals surface area contributed by atoms with Crippen LogP contribution in [0.3, 0.4) is 0 Å². The summed E-state index contributed by atoms with van der Waals surface area (Å²) in [6.45, 7) is 6.79. The molecule has 0 aliphatic rings. The van der Waals surface area contributed by atoms with Crippen molar-refractivity contribution in [1.82, 2.24) is 4.90 Å². The van der Waals surface area contributed by atoms with Crippen molar-refractivity contribution >= 4 is 0 Å². The predicted molar refractivity (Wildman–Crippen MR) is 101 cm³/mol. The molecular weight excluding hydrogens is 296 g/mol. The molecule has 130 valence electrons. The number of aliphatic hydroxyl groups is 1. The summed E-state index contributed by atoms with van der Waals surface area (Å²) in [6.07, 6.45) is 0.163. The highest BCUT2D eigenvalue weighted by atomic mass is 16.3. The van der Waals surface area contributed by atoms with Gasteiger partial charge in [0.25, 0.3) is 0 Å². The van der Waals surface area contributed by atoms with Crippen LogP contribution in [0.4, 0.5) is 0 Å². The zero-order chi connectivity index (χ0) is 17.4. The summed E-state index contributed by atoms with van der Waals surface area (Å²) in [6, 6.07) is 20.3. The van der Waals surface area contributed by atoms with Gasteiger partial charge in [0.15, 0.2) is 0 Å². The summed E-state index contributed by atoms with van der Waals surface area (Å²) in [5.74, 6) is 0.547. The summed E-state index contributed by atoms with van der Waals surface area (Å²) >= 11 is 0. The first-order valence-electron chi connectivity index (χ1n) is 8.78. The van der Waals surface area contributed by atoms with E-state index in [0.717, 1.165) is 13.1 Å². The molecule has 0 bridgehead atoms. The molecule has 0 radical (unpaired) electrons. The largest absolute Gasteiger partial charge is 0.390 e. The second kappa shape index (κ2) is 9.58. The maximum Gasteiger partial charge on any atom is 0.0821 e. The van der Waals surface area contributed by atoms with Gasteiger partial charge in [-0.25, -0.2) is 0 Å². The molecule has 0 heterocycles. The van der Waals surface area contributed by atoms with Gasteiger partial charge in [0, 0.05) is 25.7 Å². The topological polar surface area (TPSA) is 49.5 Å². The lowest BCUT2D eigenvalue weighted by Crippen LogP contribution is -2.45.